The zero-order valence-electron chi connectivity index (χ0n) is 12.5. The lowest BCUT2D eigenvalue weighted by Crippen LogP contribution is -2.26. The molecule has 2 aromatic heterocycles. The highest BCUT2D eigenvalue weighted by molar-refractivity contribution is 5.92. The highest BCUT2D eigenvalue weighted by Gasteiger charge is 2.07. The molecule has 0 aromatic carbocycles. The van der Waals surface area contributed by atoms with Crippen molar-refractivity contribution in [1.29, 1.82) is 0 Å². The predicted octanol–water partition coefficient (Wildman–Crippen LogP) is 2.90. The summed E-state index contributed by atoms with van der Waals surface area (Å²) in [6.45, 7) is 6.73. The number of nitrogens with zero attached hydrogens (tertiary/aromatic N) is 2. The van der Waals surface area contributed by atoms with Gasteiger partial charge in [-0.15, -0.1) is 0 Å². The monoisotopic (exact) mass is 288 g/mol. The second-order valence-electron chi connectivity index (χ2n) is 5.32. The molecule has 0 radical (unpaired) electrons. The van der Waals surface area contributed by atoms with Crippen LogP contribution in [0, 0.1) is 12.8 Å². The molecule has 0 atom stereocenters. The Morgan fingerprint density at radius 1 is 1.38 bits per heavy atom. The van der Waals surface area contributed by atoms with Crippen LogP contribution in [0.15, 0.2) is 28.9 Å². The van der Waals surface area contributed by atoms with Crippen molar-refractivity contribution in [3.63, 3.8) is 0 Å². The van der Waals surface area contributed by atoms with E-state index in [1.165, 1.54) is 0 Å². The van der Waals surface area contributed by atoms with Gasteiger partial charge in [-0.1, -0.05) is 19.0 Å². The average Bonchev–Trinajstić information content (AvgIpc) is 2.84. The summed E-state index contributed by atoms with van der Waals surface area (Å²) in [5.41, 5.74) is 1.16. The first-order valence-electron chi connectivity index (χ1n) is 6.99. The van der Waals surface area contributed by atoms with Crippen LogP contribution in [-0.4, -0.2) is 22.6 Å². The Bertz CT molecular complexity index is 590. The number of anilines is 2. The number of carbonyl (C=O) groups is 1. The van der Waals surface area contributed by atoms with Gasteiger partial charge in [0.05, 0.1) is 11.9 Å². The molecule has 0 unspecified atom stereocenters. The van der Waals surface area contributed by atoms with Crippen molar-refractivity contribution in [2.45, 2.75) is 27.2 Å². The Kier molecular flexibility index (Phi) is 4.92. The fourth-order valence-corrected chi connectivity index (χ4v) is 1.74. The molecule has 0 aliphatic carbocycles. The summed E-state index contributed by atoms with van der Waals surface area (Å²) in [4.78, 5) is 16.0. The Hall–Kier alpha value is -2.37. The molecular weight excluding hydrogens is 268 g/mol. The maximum Gasteiger partial charge on any atom is 0.269 e. The Morgan fingerprint density at radius 3 is 2.76 bits per heavy atom. The van der Waals surface area contributed by atoms with Crippen LogP contribution in [0.1, 0.15) is 36.5 Å². The second kappa shape index (κ2) is 6.88. The second-order valence-corrected chi connectivity index (χ2v) is 5.32. The van der Waals surface area contributed by atoms with Crippen LogP contribution in [-0.2, 0) is 0 Å². The molecule has 0 aliphatic rings. The maximum absolute atomic E-state index is 11.9. The number of hydrogen-bond acceptors (Lipinski definition) is 5. The predicted molar refractivity (Wildman–Crippen MR) is 80.5 cm³/mol. The van der Waals surface area contributed by atoms with Gasteiger partial charge in [0.25, 0.3) is 5.91 Å². The minimum absolute atomic E-state index is 0.153. The van der Waals surface area contributed by atoms with Crippen LogP contribution in [0.25, 0.3) is 0 Å². The van der Waals surface area contributed by atoms with E-state index in [4.69, 9.17) is 4.52 Å². The molecule has 2 N–H and O–H groups in total. The third-order valence-electron chi connectivity index (χ3n) is 2.90. The first kappa shape index (κ1) is 15.0. The molecule has 2 rings (SSSR count). The SMILES string of the molecule is Cc1cc(Nc2ccc(C(=O)NCCC(C)C)nc2)no1. The fourth-order valence-electron chi connectivity index (χ4n) is 1.74. The van der Waals surface area contributed by atoms with Gasteiger partial charge in [-0.25, -0.2) is 4.98 Å². The summed E-state index contributed by atoms with van der Waals surface area (Å²) in [6, 6.07) is 5.25. The lowest BCUT2D eigenvalue weighted by Gasteiger charge is -2.07. The summed E-state index contributed by atoms with van der Waals surface area (Å²) < 4.78 is 4.97. The van der Waals surface area contributed by atoms with Crippen molar-refractivity contribution in [2.75, 3.05) is 11.9 Å². The van der Waals surface area contributed by atoms with Crippen molar-refractivity contribution in [3.8, 4) is 0 Å². The zero-order chi connectivity index (χ0) is 15.2. The number of hydrogen-bond donors (Lipinski definition) is 2. The highest BCUT2D eigenvalue weighted by Crippen LogP contribution is 2.15. The molecule has 0 saturated heterocycles. The van der Waals surface area contributed by atoms with E-state index in [-0.39, 0.29) is 5.91 Å². The number of aromatic nitrogens is 2. The van der Waals surface area contributed by atoms with E-state index in [0.29, 0.717) is 24.0 Å². The normalized spacial score (nSPS) is 10.7. The number of pyridine rings is 1. The summed E-state index contributed by atoms with van der Waals surface area (Å²) in [7, 11) is 0. The van der Waals surface area contributed by atoms with Crippen LogP contribution in [0.2, 0.25) is 0 Å². The van der Waals surface area contributed by atoms with Crippen molar-refractivity contribution >= 4 is 17.4 Å². The van der Waals surface area contributed by atoms with Gasteiger partial charge in [0, 0.05) is 12.6 Å². The summed E-state index contributed by atoms with van der Waals surface area (Å²) >= 11 is 0. The van der Waals surface area contributed by atoms with Crippen LogP contribution in [0.5, 0.6) is 0 Å². The quantitative estimate of drug-likeness (QED) is 0.854. The van der Waals surface area contributed by atoms with Crippen molar-refractivity contribution in [3.05, 3.63) is 35.9 Å². The molecule has 112 valence electrons. The van der Waals surface area contributed by atoms with Crippen LogP contribution in [0.4, 0.5) is 11.5 Å². The number of aryl methyl sites for hydroxylation is 1. The highest BCUT2D eigenvalue weighted by atomic mass is 16.5. The maximum atomic E-state index is 11.9. The minimum Gasteiger partial charge on any atom is -0.360 e. The van der Waals surface area contributed by atoms with Gasteiger partial charge in [-0.2, -0.15) is 0 Å². The number of amides is 1. The fraction of sp³-hybridized carbons (Fsp3) is 0.400. The molecule has 6 nitrogen and oxygen atoms in total. The zero-order valence-corrected chi connectivity index (χ0v) is 12.5. The molecule has 0 spiro atoms. The molecule has 1 amide bonds. The van der Waals surface area contributed by atoms with E-state index in [1.807, 2.05) is 6.92 Å². The number of carbonyl (C=O) groups excluding carboxylic acids is 1. The molecule has 2 aromatic rings. The molecular formula is C15H20N4O2. The third kappa shape index (κ3) is 4.59. The van der Waals surface area contributed by atoms with E-state index in [9.17, 15) is 4.79 Å². The molecule has 21 heavy (non-hydrogen) atoms. The molecule has 0 saturated carbocycles. The summed E-state index contributed by atoms with van der Waals surface area (Å²) in [5.74, 6) is 1.75. The van der Waals surface area contributed by atoms with Crippen LogP contribution < -0.4 is 10.6 Å². The summed E-state index contributed by atoms with van der Waals surface area (Å²) in [6.07, 6.45) is 2.55. The van der Waals surface area contributed by atoms with Crippen molar-refractivity contribution in [1.82, 2.24) is 15.5 Å². The van der Waals surface area contributed by atoms with E-state index in [1.54, 1.807) is 24.4 Å². The average molecular weight is 288 g/mol. The van der Waals surface area contributed by atoms with Gasteiger partial charge in [-0.05, 0) is 31.4 Å². The topological polar surface area (TPSA) is 80.0 Å². The van der Waals surface area contributed by atoms with Gasteiger partial charge in [0.2, 0.25) is 0 Å². The largest absolute Gasteiger partial charge is 0.360 e. The summed E-state index contributed by atoms with van der Waals surface area (Å²) in [5, 5.41) is 9.74. The van der Waals surface area contributed by atoms with E-state index in [2.05, 4.69) is 34.6 Å². The number of nitrogens with one attached hydrogen (secondary N) is 2. The van der Waals surface area contributed by atoms with Gasteiger partial charge in [-0.3, -0.25) is 4.79 Å². The Morgan fingerprint density at radius 2 is 2.19 bits per heavy atom. The van der Waals surface area contributed by atoms with E-state index in [0.717, 1.165) is 17.9 Å². The van der Waals surface area contributed by atoms with Crippen molar-refractivity contribution < 1.29 is 9.32 Å². The number of rotatable bonds is 6. The molecule has 0 fully saturated rings. The van der Waals surface area contributed by atoms with Gasteiger partial charge in [0.15, 0.2) is 5.82 Å². The van der Waals surface area contributed by atoms with Gasteiger partial charge >= 0.3 is 0 Å². The van der Waals surface area contributed by atoms with Gasteiger partial charge < -0.3 is 15.2 Å². The lowest BCUT2D eigenvalue weighted by molar-refractivity contribution is 0.0947. The molecule has 0 aliphatic heterocycles. The minimum atomic E-state index is -0.153. The first-order chi connectivity index (χ1) is 10.0. The smallest absolute Gasteiger partial charge is 0.269 e. The van der Waals surface area contributed by atoms with E-state index < -0.39 is 0 Å². The van der Waals surface area contributed by atoms with E-state index >= 15 is 0 Å². The lowest BCUT2D eigenvalue weighted by atomic mass is 10.1. The van der Waals surface area contributed by atoms with Crippen molar-refractivity contribution in [2.24, 2.45) is 5.92 Å². The Balaban J connectivity index is 1.90. The first-order valence-corrected chi connectivity index (χ1v) is 6.99. The molecule has 2 heterocycles. The standard InChI is InChI=1S/C15H20N4O2/c1-10(2)6-7-16-15(20)13-5-4-12(9-17-13)18-14-8-11(3)21-19-14/h4-5,8-10H,6-7H2,1-3H3,(H,16,20)(H,18,19). The molecule has 6 heteroatoms. The third-order valence-corrected chi connectivity index (χ3v) is 2.90. The van der Waals surface area contributed by atoms with Crippen LogP contribution >= 0.6 is 0 Å². The van der Waals surface area contributed by atoms with Gasteiger partial charge in [0.1, 0.15) is 11.5 Å². The molecule has 0 bridgehead atoms. The van der Waals surface area contributed by atoms with Crippen LogP contribution in [0.3, 0.4) is 0 Å². The Labute approximate surface area is 123 Å².